The average Bonchev–Trinajstić information content (AvgIpc) is 2.82. The molecule has 30 heavy (non-hydrogen) atoms. The van der Waals surface area contributed by atoms with E-state index in [0.717, 1.165) is 16.7 Å². The van der Waals surface area contributed by atoms with Crippen LogP contribution >= 0.6 is 24.0 Å². The summed E-state index contributed by atoms with van der Waals surface area (Å²) in [6.07, 6.45) is 3.53. The molecule has 1 aliphatic heterocycles. The van der Waals surface area contributed by atoms with Crippen molar-refractivity contribution in [1.29, 1.82) is 5.26 Å². The van der Waals surface area contributed by atoms with Crippen LogP contribution in [0.5, 0.6) is 0 Å². The third kappa shape index (κ3) is 3.56. The molecule has 1 atom stereocenters. The van der Waals surface area contributed by atoms with Crippen molar-refractivity contribution in [2.45, 2.75) is 11.3 Å². The molecule has 0 aromatic heterocycles. The van der Waals surface area contributed by atoms with Gasteiger partial charge in [0, 0.05) is 23.1 Å². The number of amides is 1. The molecule has 0 saturated heterocycles. The zero-order valence-corrected chi connectivity index (χ0v) is 17.7. The molecule has 1 amide bonds. The summed E-state index contributed by atoms with van der Waals surface area (Å²) in [6, 6.07) is 28.9. The number of carbonyl (C=O) groups is 1. The molecule has 3 aromatic rings. The van der Waals surface area contributed by atoms with Gasteiger partial charge in [-0.1, -0.05) is 85.0 Å². The number of hydrogen-bond donors (Lipinski definition) is 0. The second-order valence-corrected chi connectivity index (χ2v) is 8.48. The smallest absolute Gasteiger partial charge is 0.259 e. The van der Waals surface area contributed by atoms with Crippen molar-refractivity contribution in [3.05, 3.63) is 113 Å². The van der Waals surface area contributed by atoms with Crippen LogP contribution in [0.1, 0.15) is 27.0 Å². The van der Waals surface area contributed by atoms with E-state index in [1.807, 2.05) is 78.9 Å². The molecule has 0 aliphatic carbocycles. The number of rotatable bonds is 4. The highest BCUT2D eigenvalue weighted by molar-refractivity contribution is 8.22. The number of nitriles is 1. The fourth-order valence-corrected chi connectivity index (χ4v) is 4.89. The SMILES string of the molecule is N#CC1(C(=S)SCc2ccccc2)c2ccccc2C=CN1C(=O)c1ccccc1. The number of carbonyl (C=O) groups excluding carboxylic acids is 1. The zero-order valence-electron chi connectivity index (χ0n) is 16.1. The number of nitrogens with zero attached hydrogens (tertiary/aromatic N) is 2. The molecule has 0 saturated carbocycles. The molecule has 0 spiro atoms. The molecule has 1 unspecified atom stereocenters. The summed E-state index contributed by atoms with van der Waals surface area (Å²) in [5.74, 6) is 0.369. The molecule has 3 nitrogen and oxygen atoms in total. The van der Waals surface area contributed by atoms with Crippen molar-refractivity contribution >= 4 is 40.2 Å². The molecule has 3 aromatic carbocycles. The van der Waals surface area contributed by atoms with Crippen LogP contribution in [-0.4, -0.2) is 15.0 Å². The first-order valence-electron chi connectivity index (χ1n) is 9.45. The van der Waals surface area contributed by atoms with Crippen LogP contribution in [0.2, 0.25) is 0 Å². The van der Waals surface area contributed by atoms with Gasteiger partial charge < -0.3 is 0 Å². The topological polar surface area (TPSA) is 44.1 Å². The van der Waals surface area contributed by atoms with Crippen LogP contribution in [0.25, 0.3) is 6.08 Å². The summed E-state index contributed by atoms with van der Waals surface area (Å²) in [7, 11) is 0. The largest absolute Gasteiger partial charge is 0.286 e. The first-order valence-corrected chi connectivity index (χ1v) is 10.8. The highest BCUT2D eigenvalue weighted by Crippen LogP contribution is 2.41. The normalized spacial score (nSPS) is 17.1. The van der Waals surface area contributed by atoms with Crippen LogP contribution in [-0.2, 0) is 11.3 Å². The van der Waals surface area contributed by atoms with E-state index in [1.165, 1.54) is 16.7 Å². The fourth-order valence-electron chi connectivity index (χ4n) is 3.50. The number of benzene rings is 3. The van der Waals surface area contributed by atoms with Gasteiger partial charge in [0.1, 0.15) is 6.07 Å². The Morgan fingerprint density at radius 2 is 1.60 bits per heavy atom. The van der Waals surface area contributed by atoms with Gasteiger partial charge in [-0.2, -0.15) is 5.26 Å². The molecule has 1 heterocycles. The lowest BCUT2D eigenvalue weighted by Gasteiger charge is -2.40. The van der Waals surface area contributed by atoms with Crippen LogP contribution < -0.4 is 0 Å². The molecule has 1 aliphatic rings. The molecule has 5 heteroatoms. The minimum atomic E-state index is -1.37. The van der Waals surface area contributed by atoms with Gasteiger partial charge in [-0.15, -0.1) is 11.8 Å². The van der Waals surface area contributed by atoms with E-state index in [4.69, 9.17) is 12.2 Å². The van der Waals surface area contributed by atoms with E-state index in [-0.39, 0.29) is 5.91 Å². The Morgan fingerprint density at radius 3 is 2.30 bits per heavy atom. The standard InChI is InChI=1S/C25H18N2OS2/c26-18-25(24(29)30-17-19-9-3-1-4-10-19)22-14-8-7-11-20(22)15-16-27(25)23(28)21-12-5-2-6-13-21/h1-16H,17H2. The van der Waals surface area contributed by atoms with E-state index in [9.17, 15) is 10.1 Å². The molecule has 4 rings (SSSR count). The summed E-state index contributed by atoms with van der Waals surface area (Å²) in [5.41, 5.74) is 1.87. The predicted molar refractivity (Wildman–Crippen MR) is 126 cm³/mol. The Morgan fingerprint density at radius 1 is 0.967 bits per heavy atom. The average molecular weight is 427 g/mol. The summed E-state index contributed by atoms with van der Waals surface area (Å²) in [5, 5.41) is 10.4. The second-order valence-electron chi connectivity index (χ2n) is 6.83. The van der Waals surface area contributed by atoms with Crippen molar-refractivity contribution in [3.8, 4) is 6.07 Å². The maximum atomic E-state index is 13.4. The van der Waals surface area contributed by atoms with E-state index in [0.29, 0.717) is 15.5 Å². The van der Waals surface area contributed by atoms with Crippen LogP contribution in [0, 0.1) is 11.3 Å². The first kappa shape index (κ1) is 20.1. The number of hydrogen-bond acceptors (Lipinski definition) is 4. The van der Waals surface area contributed by atoms with Gasteiger partial charge in [0.2, 0.25) is 5.54 Å². The van der Waals surface area contributed by atoms with Crippen molar-refractivity contribution in [2.75, 3.05) is 0 Å². The zero-order chi connectivity index (χ0) is 21.0. The fraction of sp³-hybridized carbons (Fsp3) is 0.0800. The Labute approximate surface area is 185 Å². The number of thiocarbonyl (C=S) groups is 1. The Bertz CT molecular complexity index is 1150. The highest BCUT2D eigenvalue weighted by atomic mass is 32.2. The van der Waals surface area contributed by atoms with Gasteiger partial charge in [-0.25, -0.2) is 0 Å². The third-order valence-corrected chi connectivity index (χ3v) is 6.71. The van der Waals surface area contributed by atoms with Crippen LogP contribution in [0.4, 0.5) is 0 Å². The summed E-state index contributed by atoms with van der Waals surface area (Å²) < 4.78 is 0.454. The quantitative estimate of drug-likeness (QED) is 0.495. The van der Waals surface area contributed by atoms with Gasteiger partial charge in [-0.3, -0.25) is 9.69 Å². The molecule has 0 radical (unpaired) electrons. The van der Waals surface area contributed by atoms with E-state index < -0.39 is 5.54 Å². The summed E-state index contributed by atoms with van der Waals surface area (Å²) in [4.78, 5) is 14.9. The number of fused-ring (bicyclic) bond motifs is 1. The minimum absolute atomic E-state index is 0.259. The maximum absolute atomic E-state index is 13.4. The molecule has 0 bridgehead atoms. The van der Waals surface area contributed by atoms with E-state index in [1.54, 1.807) is 18.3 Å². The lowest BCUT2D eigenvalue weighted by molar-refractivity contribution is 0.0763. The lowest BCUT2D eigenvalue weighted by Crippen LogP contribution is -2.51. The van der Waals surface area contributed by atoms with Crippen molar-refractivity contribution in [1.82, 2.24) is 4.90 Å². The van der Waals surface area contributed by atoms with E-state index in [2.05, 4.69) is 6.07 Å². The Kier molecular flexibility index (Phi) is 5.80. The molecule has 146 valence electrons. The van der Waals surface area contributed by atoms with Crippen LogP contribution in [0.15, 0.2) is 91.1 Å². The predicted octanol–water partition coefficient (Wildman–Crippen LogP) is 5.79. The van der Waals surface area contributed by atoms with Crippen LogP contribution in [0.3, 0.4) is 0 Å². The van der Waals surface area contributed by atoms with Crippen molar-refractivity contribution in [3.63, 3.8) is 0 Å². The van der Waals surface area contributed by atoms with Gasteiger partial charge in [0.05, 0.1) is 4.20 Å². The molecule has 0 N–H and O–H groups in total. The molecular weight excluding hydrogens is 408 g/mol. The van der Waals surface area contributed by atoms with Gasteiger partial charge >= 0.3 is 0 Å². The van der Waals surface area contributed by atoms with E-state index >= 15 is 0 Å². The summed E-state index contributed by atoms with van der Waals surface area (Å²) in [6.45, 7) is 0. The maximum Gasteiger partial charge on any atom is 0.259 e. The monoisotopic (exact) mass is 426 g/mol. The highest BCUT2D eigenvalue weighted by Gasteiger charge is 2.48. The lowest BCUT2D eigenvalue weighted by atomic mass is 9.84. The van der Waals surface area contributed by atoms with Gasteiger partial charge in [-0.05, 0) is 29.3 Å². The first-order chi connectivity index (χ1) is 14.7. The summed E-state index contributed by atoms with van der Waals surface area (Å²) >= 11 is 7.24. The van der Waals surface area contributed by atoms with Gasteiger partial charge in [0.25, 0.3) is 5.91 Å². The number of thioether (sulfide) groups is 1. The Hall–Kier alpha value is -3.20. The van der Waals surface area contributed by atoms with Gasteiger partial charge in [0.15, 0.2) is 0 Å². The van der Waals surface area contributed by atoms with Crippen molar-refractivity contribution in [2.24, 2.45) is 0 Å². The molecular formula is C25H18N2OS2. The third-order valence-electron chi connectivity index (χ3n) is 5.02. The Balaban J connectivity index is 1.77. The van der Waals surface area contributed by atoms with Crippen molar-refractivity contribution < 1.29 is 4.79 Å². The molecule has 0 fully saturated rings. The second kappa shape index (κ2) is 8.66. The minimum Gasteiger partial charge on any atom is -0.286 e.